The molecule has 6 heteroatoms. The molecule has 2 heterocycles. The van der Waals surface area contributed by atoms with Crippen molar-refractivity contribution >= 4 is 5.91 Å². The molecule has 2 aromatic rings. The third-order valence-corrected chi connectivity index (χ3v) is 4.05. The van der Waals surface area contributed by atoms with Gasteiger partial charge in [-0.1, -0.05) is 12.1 Å². The summed E-state index contributed by atoms with van der Waals surface area (Å²) in [6.07, 6.45) is -0.142. The van der Waals surface area contributed by atoms with Crippen LogP contribution in [0.2, 0.25) is 0 Å². The van der Waals surface area contributed by atoms with Crippen LogP contribution in [0.3, 0.4) is 0 Å². The Morgan fingerprint density at radius 2 is 1.96 bits per heavy atom. The van der Waals surface area contributed by atoms with Gasteiger partial charge in [0.05, 0.1) is 5.69 Å². The lowest BCUT2D eigenvalue weighted by Crippen LogP contribution is -2.49. The largest absolute Gasteiger partial charge is 0.482 e. The summed E-state index contributed by atoms with van der Waals surface area (Å²) in [6.45, 7) is 7.21. The molecule has 0 radical (unpaired) electrons. The van der Waals surface area contributed by atoms with Gasteiger partial charge < -0.3 is 14.8 Å². The standard InChI is InChI=1S/C18H23N3O3/c1-12-11-13(2)21(20-12)10-6-9-19-18(22)17-14(3)23-15-7-4-5-8-16(15)24-17/h4-5,7-8,11,14,17H,6,9-10H2,1-3H3,(H,19,22). The first kappa shape index (κ1) is 16.4. The van der Waals surface area contributed by atoms with Crippen LogP contribution in [0.15, 0.2) is 30.3 Å². The zero-order chi connectivity index (χ0) is 17.1. The van der Waals surface area contributed by atoms with Crippen molar-refractivity contribution in [3.63, 3.8) is 0 Å². The maximum Gasteiger partial charge on any atom is 0.265 e. The number of rotatable bonds is 5. The van der Waals surface area contributed by atoms with Crippen LogP contribution in [0.25, 0.3) is 0 Å². The molecule has 1 amide bonds. The summed E-state index contributed by atoms with van der Waals surface area (Å²) >= 11 is 0. The van der Waals surface area contributed by atoms with E-state index < -0.39 is 6.10 Å². The topological polar surface area (TPSA) is 65.4 Å². The molecule has 1 aliphatic rings. The molecule has 0 aliphatic carbocycles. The van der Waals surface area contributed by atoms with Gasteiger partial charge in [-0.05, 0) is 45.4 Å². The van der Waals surface area contributed by atoms with Gasteiger partial charge in [0.15, 0.2) is 11.5 Å². The number of aromatic nitrogens is 2. The van der Waals surface area contributed by atoms with Gasteiger partial charge in [-0.2, -0.15) is 5.10 Å². The van der Waals surface area contributed by atoms with E-state index in [-0.39, 0.29) is 12.0 Å². The molecule has 0 saturated heterocycles. The SMILES string of the molecule is Cc1cc(C)n(CCCNC(=O)C2Oc3ccccc3OC2C)n1. The van der Waals surface area contributed by atoms with Crippen molar-refractivity contribution < 1.29 is 14.3 Å². The maximum absolute atomic E-state index is 12.4. The van der Waals surface area contributed by atoms with Crippen LogP contribution in [0.5, 0.6) is 11.5 Å². The van der Waals surface area contributed by atoms with E-state index in [0.717, 1.165) is 24.4 Å². The number of nitrogens with one attached hydrogen (secondary N) is 1. The van der Waals surface area contributed by atoms with Crippen LogP contribution in [0.4, 0.5) is 0 Å². The number of hydrogen-bond acceptors (Lipinski definition) is 4. The number of carbonyl (C=O) groups excluding carboxylic acids is 1. The molecule has 1 N–H and O–H groups in total. The number of carbonyl (C=O) groups is 1. The van der Waals surface area contributed by atoms with Gasteiger partial charge in [0, 0.05) is 18.8 Å². The lowest BCUT2D eigenvalue weighted by molar-refractivity contribution is -0.133. The molecular weight excluding hydrogens is 306 g/mol. The van der Waals surface area contributed by atoms with Crippen molar-refractivity contribution in [2.75, 3.05) is 6.54 Å². The average Bonchev–Trinajstić information content (AvgIpc) is 2.88. The number of nitrogens with zero attached hydrogens (tertiary/aromatic N) is 2. The zero-order valence-electron chi connectivity index (χ0n) is 14.3. The molecule has 0 fully saturated rings. The van der Waals surface area contributed by atoms with Crippen molar-refractivity contribution in [3.05, 3.63) is 41.7 Å². The second kappa shape index (κ2) is 6.95. The molecule has 24 heavy (non-hydrogen) atoms. The number of para-hydroxylation sites is 2. The predicted molar refractivity (Wildman–Crippen MR) is 90.3 cm³/mol. The van der Waals surface area contributed by atoms with Gasteiger partial charge in [-0.15, -0.1) is 0 Å². The van der Waals surface area contributed by atoms with Gasteiger partial charge in [-0.25, -0.2) is 0 Å². The minimum Gasteiger partial charge on any atom is -0.482 e. The Morgan fingerprint density at radius 1 is 1.25 bits per heavy atom. The van der Waals surface area contributed by atoms with Gasteiger partial charge in [0.25, 0.3) is 5.91 Å². The summed E-state index contributed by atoms with van der Waals surface area (Å²) in [5, 5.41) is 7.34. The number of amides is 1. The summed E-state index contributed by atoms with van der Waals surface area (Å²) in [4.78, 5) is 12.4. The Morgan fingerprint density at radius 3 is 2.62 bits per heavy atom. The van der Waals surface area contributed by atoms with Gasteiger partial charge in [-0.3, -0.25) is 9.48 Å². The fourth-order valence-corrected chi connectivity index (χ4v) is 2.85. The van der Waals surface area contributed by atoms with Crippen LogP contribution in [-0.2, 0) is 11.3 Å². The Hall–Kier alpha value is -2.50. The number of hydrogen-bond donors (Lipinski definition) is 1. The molecular formula is C18H23N3O3. The molecule has 6 nitrogen and oxygen atoms in total. The van der Waals surface area contributed by atoms with Crippen LogP contribution < -0.4 is 14.8 Å². The van der Waals surface area contributed by atoms with E-state index in [0.29, 0.717) is 18.0 Å². The van der Waals surface area contributed by atoms with E-state index in [4.69, 9.17) is 9.47 Å². The minimum atomic E-state index is -0.631. The van der Waals surface area contributed by atoms with E-state index in [1.54, 1.807) is 0 Å². The fraction of sp³-hybridized carbons (Fsp3) is 0.444. The highest BCUT2D eigenvalue weighted by atomic mass is 16.6. The number of aryl methyl sites for hydroxylation is 3. The number of benzene rings is 1. The molecule has 1 aromatic heterocycles. The fourth-order valence-electron chi connectivity index (χ4n) is 2.85. The molecule has 1 aromatic carbocycles. The highest BCUT2D eigenvalue weighted by Gasteiger charge is 2.33. The molecule has 0 saturated carbocycles. The average molecular weight is 329 g/mol. The second-order valence-electron chi connectivity index (χ2n) is 6.10. The zero-order valence-corrected chi connectivity index (χ0v) is 14.3. The van der Waals surface area contributed by atoms with Crippen LogP contribution in [-0.4, -0.2) is 34.4 Å². The van der Waals surface area contributed by atoms with E-state index >= 15 is 0 Å². The molecule has 1 aliphatic heterocycles. The van der Waals surface area contributed by atoms with Crippen molar-refractivity contribution in [1.29, 1.82) is 0 Å². The van der Waals surface area contributed by atoms with Crippen molar-refractivity contribution in [3.8, 4) is 11.5 Å². The minimum absolute atomic E-state index is 0.148. The van der Waals surface area contributed by atoms with Crippen molar-refractivity contribution in [1.82, 2.24) is 15.1 Å². The summed E-state index contributed by atoms with van der Waals surface area (Å²) in [5.74, 6) is 1.14. The Labute approximate surface area is 141 Å². The third-order valence-electron chi connectivity index (χ3n) is 4.05. The van der Waals surface area contributed by atoms with Gasteiger partial charge in [0.2, 0.25) is 6.10 Å². The Balaban J connectivity index is 1.49. The summed E-state index contributed by atoms with van der Waals surface area (Å²) in [7, 11) is 0. The van der Waals surface area contributed by atoms with E-state index in [1.807, 2.05) is 55.8 Å². The van der Waals surface area contributed by atoms with E-state index in [9.17, 15) is 4.79 Å². The van der Waals surface area contributed by atoms with Crippen molar-refractivity contribution in [2.24, 2.45) is 0 Å². The smallest absolute Gasteiger partial charge is 0.265 e. The lowest BCUT2D eigenvalue weighted by Gasteiger charge is -2.31. The van der Waals surface area contributed by atoms with Gasteiger partial charge >= 0.3 is 0 Å². The highest BCUT2D eigenvalue weighted by Crippen LogP contribution is 2.33. The van der Waals surface area contributed by atoms with E-state index in [1.165, 1.54) is 0 Å². The van der Waals surface area contributed by atoms with Crippen LogP contribution >= 0.6 is 0 Å². The maximum atomic E-state index is 12.4. The molecule has 2 atom stereocenters. The Bertz CT molecular complexity index is 726. The molecule has 0 bridgehead atoms. The third kappa shape index (κ3) is 3.53. The van der Waals surface area contributed by atoms with Gasteiger partial charge in [0.1, 0.15) is 6.10 Å². The first-order chi connectivity index (χ1) is 11.5. The van der Waals surface area contributed by atoms with Crippen LogP contribution in [0.1, 0.15) is 24.7 Å². The molecule has 0 spiro atoms. The highest BCUT2D eigenvalue weighted by molar-refractivity contribution is 5.82. The lowest BCUT2D eigenvalue weighted by atomic mass is 10.1. The van der Waals surface area contributed by atoms with Crippen molar-refractivity contribution in [2.45, 2.75) is 45.9 Å². The molecule has 3 rings (SSSR count). The summed E-state index contributed by atoms with van der Waals surface area (Å²) in [6, 6.07) is 9.44. The molecule has 2 unspecified atom stereocenters. The number of ether oxygens (including phenoxy) is 2. The van der Waals surface area contributed by atoms with Crippen LogP contribution in [0, 0.1) is 13.8 Å². The second-order valence-corrected chi connectivity index (χ2v) is 6.10. The predicted octanol–water partition coefficient (Wildman–Crippen LogP) is 2.23. The Kier molecular flexibility index (Phi) is 4.74. The normalized spacial score (nSPS) is 19.1. The first-order valence-corrected chi connectivity index (χ1v) is 8.25. The monoisotopic (exact) mass is 329 g/mol. The molecule has 128 valence electrons. The first-order valence-electron chi connectivity index (χ1n) is 8.25. The quantitative estimate of drug-likeness (QED) is 0.855. The summed E-state index contributed by atoms with van der Waals surface area (Å²) < 4.78 is 13.5. The summed E-state index contributed by atoms with van der Waals surface area (Å²) in [5.41, 5.74) is 2.14. The number of fused-ring (bicyclic) bond motifs is 1. The van der Waals surface area contributed by atoms with E-state index in [2.05, 4.69) is 10.4 Å².